The van der Waals surface area contributed by atoms with Crippen molar-refractivity contribution < 1.29 is 22.7 Å². The number of hydrogen-bond donors (Lipinski definition) is 2. The fraction of sp³-hybridized carbons (Fsp3) is 0.200. The van der Waals surface area contributed by atoms with Crippen LogP contribution in [0.2, 0.25) is 0 Å². The molecule has 3 rings (SSSR count). The van der Waals surface area contributed by atoms with Gasteiger partial charge in [0.25, 0.3) is 6.47 Å². The smallest absolute Gasteiger partial charge is 0.290 e. The second-order valence-electron chi connectivity index (χ2n) is 6.25. The summed E-state index contributed by atoms with van der Waals surface area (Å²) in [6.07, 6.45) is 4.62. The summed E-state index contributed by atoms with van der Waals surface area (Å²) in [4.78, 5) is 20.4. The van der Waals surface area contributed by atoms with Crippen molar-refractivity contribution in [1.29, 1.82) is 0 Å². The number of nitrogens with two attached hydrogens (primary N) is 1. The van der Waals surface area contributed by atoms with Crippen LogP contribution in [0.1, 0.15) is 20.3 Å². The van der Waals surface area contributed by atoms with Crippen LogP contribution < -0.4 is 5.73 Å². The van der Waals surface area contributed by atoms with Gasteiger partial charge in [0.15, 0.2) is 14.9 Å². The molecule has 0 fully saturated rings. The molecule has 0 bridgehead atoms. The molecule has 1 atom stereocenters. The molecule has 0 aliphatic heterocycles. The van der Waals surface area contributed by atoms with E-state index in [0.29, 0.717) is 23.2 Å². The molecule has 0 aliphatic carbocycles. The van der Waals surface area contributed by atoms with Gasteiger partial charge in [0.2, 0.25) is 0 Å². The molecule has 2 heterocycles. The quantitative estimate of drug-likeness (QED) is 0.587. The third kappa shape index (κ3) is 4.95. The molecule has 30 heavy (non-hydrogen) atoms. The average Bonchev–Trinajstić information content (AvgIpc) is 2.74. The fourth-order valence-electron chi connectivity index (χ4n) is 2.61. The SMILES string of the molecule is CCC(C)S(=O)(=O)c1ncccc1-c1ccc(-c2cnc(N)cn2)c(F)c1.O=CO. The molecule has 0 radical (unpaired) electrons. The number of benzene rings is 1. The third-order valence-electron chi connectivity index (χ3n) is 4.37. The molecule has 1 aromatic carbocycles. The first-order valence-electron chi connectivity index (χ1n) is 8.90. The second-order valence-corrected chi connectivity index (χ2v) is 8.53. The predicted octanol–water partition coefficient (Wildman–Crippen LogP) is 3.20. The highest BCUT2D eigenvalue weighted by atomic mass is 32.2. The highest BCUT2D eigenvalue weighted by Crippen LogP contribution is 2.31. The summed E-state index contributed by atoms with van der Waals surface area (Å²) < 4.78 is 40.3. The Bertz CT molecular complexity index is 1120. The van der Waals surface area contributed by atoms with Gasteiger partial charge in [-0.2, -0.15) is 0 Å². The topological polar surface area (TPSA) is 136 Å². The van der Waals surface area contributed by atoms with Crippen LogP contribution in [0.4, 0.5) is 10.2 Å². The molecule has 158 valence electrons. The van der Waals surface area contributed by atoms with Gasteiger partial charge in [0.05, 0.1) is 23.3 Å². The molecular formula is C20H21FN4O4S. The standard InChI is InChI=1S/C19H19FN4O2S.CH2O2/c1-3-12(2)27(25,26)19-14(5-4-8-22-19)13-6-7-15(16(20)9-13)17-10-24-18(21)11-23-17;2-1-3/h4-12H,3H2,1-2H3,(H2,21,24);1H,(H,2,3). The van der Waals surface area contributed by atoms with E-state index >= 15 is 0 Å². The lowest BCUT2D eigenvalue weighted by atomic mass is 10.0. The van der Waals surface area contributed by atoms with E-state index in [1.807, 2.05) is 0 Å². The van der Waals surface area contributed by atoms with Crippen molar-refractivity contribution in [3.05, 3.63) is 54.7 Å². The van der Waals surface area contributed by atoms with Gasteiger partial charge in [-0.1, -0.05) is 13.0 Å². The summed E-state index contributed by atoms with van der Waals surface area (Å²) >= 11 is 0. The highest BCUT2D eigenvalue weighted by Gasteiger charge is 2.26. The lowest BCUT2D eigenvalue weighted by Crippen LogP contribution is -2.19. The molecule has 0 saturated heterocycles. The van der Waals surface area contributed by atoms with E-state index in [1.165, 1.54) is 30.7 Å². The van der Waals surface area contributed by atoms with E-state index < -0.39 is 20.9 Å². The van der Waals surface area contributed by atoms with Gasteiger partial charge in [0.1, 0.15) is 11.6 Å². The highest BCUT2D eigenvalue weighted by molar-refractivity contribution is 7.92. The van der Waals surface area contributed by atoms with Crippen molar-refractivity contribution in [3.8, 4) is 22.4 Å². The molecule has 3 aromatic rings. The number of hydrogen-bond acceptors (Lipinski definition) is 7. The van der Waals surface area contributed by atoms with E-state index in [-0.39, 0.29) is 22.9 Å². The average molecular weight is 432 g/mol. The number of nitrogens with zero attached hydrogens (tertiary/aromatic N) is 3. The number of rotatable bonds is 5. The van der Waals surface area contributed by atoms with Crippen LogP contribution in [0.25, 0.3) is 22.4 Å². The molecule has 8 nitrogen and oxygen atoms in total. The van der Waals surface area contributed by atoms with Crippen molar-refractivity contribution in [2.45, 2.75) is 30.5 Å². The maximum absolute atomic E-state index is 14.7. The third-order valence-corrected chi connectivity index (χ3v) is 6.63. The molecule has 10 heteroatoms. The molecule has 0 spiro atoms. The van der Waals surface area contributed by atoms with Crippen molar-refractivity contribution in [2.75, 3.05) is 5.73 Å². The summed E-state index contributed by atoms with van der Waals surface area (Å²) in [5.74, 6) is -0.298. The van der Waals surface area contributed by atoms with Crippen LogP contribution in [-0.2, 0) is 14.6 Å². The lowest BCUT2D eigenvalue weighted by molar-refractivity contribution is -0.122. The van der Waals surface area contributed by atoms with Gasteiger partial charge < -0.3 is 10.8 Å². The van der Waals surface area contributed by atoms with Crippen LogP contribution >= 0.6 is 0 Å². The van der Waals surface area contributed by atoms with Crippen LogP contribution in [0.5, 0.6) is 0 Å². The van der Waals surface area contributed by atoms with E-state index in [2.05, 4.69) is 15.0 Å². The molecule has 0 amide bonds. The fourth-order valence-corrected chi connectivity index (χ4v) is 4.13. The Balaban J connectivity index is 0.00000101. The summed E-state index contributed by atoms with van der Waals surface area (Å²) in [5, 5.41) is 6.26. The molecular weight excluding hydrogens is 411 g/mol. The Kier molecular flexibility index (Phi) is 7.54. The van der Waals surface area contributed by atoms with Crippen LogP contribution in [-0.4, -0.2) is 40.2 Å². The van der Waals surface area contributed by atoms with Crippen molar-refractivity contribution >= 4 is 22.1 Å². The molecule has 0 aliphatic rings. The van der Waals surface area contributed by atoms with E-state index in [9.17, 15) is 12.8 Å². The minimum Gasteiger partial charge on any atom is -0.483 e. The van der Waals surface area contributed by atoms with E-state index in [0.717, 1.165) is 0 Å². The van der Waals surface area contributed by atoms with Crippen molar-refractivity contribution in [2.24, 2.45) is 0 Å². The first kappa shape index (κ1) is 22.9. The van der Waals surface area contributed by atoms with Crippen LogP contribution in [0, 0.1) is 5.82 Å². The monoisotopic (exact) mass is 432 g/mol. The summed E-state index contributed by atoms with van der Waals surface area (Å²) in [7, 11) is -3.62. The van der Waals surface area contributed by atoms with Gasteiger partial charge in [-0.15, -0.1) is 0 Å². The normalized spacial score (nSPS) is 11.8. The molecule has 2 aromatic heterocycles. The summed E-state index contributed by atoms with van der Waals surface area (Å²) in [6, 6.07) is 7.71. The molecule has 3 N–H and O–H groups in total. The zero-order valence-corrected chi connectivity index (χ0v) is 17.2. The zero-order valence-electron chi connectivity index (χ0n) is 16.4. The minimum absolute atomic E-state index is 0.0428. The number of halogens is 1. The van der Waals surface area contributed by atoms with Gasteiger partial charge in [-0.05, 0) is 43.2 Å². The first-order valence-corrected chi connectivity index (χ1v) is 10.4. The molecule has 1 unspecified atom stereocenters. The number of nitrogen functional groups attached to an aromatic ring is 1. The van der Waals surface area contributed by atoms with Crippen molar-refractivity contribution in [1.82, 2.24) is 15.0 Å². The Morgan fingerprint density at radius 3 is 2.43 bits per heavy atom. The maximum atomic E-state index is 14.7. The van der Waals surface area contributed by atoms with Crippen molar-refractivity contribution in [3.63, 3.8) is 0 Å². The van der Waals surface area contributed by atoms with E-state index in [4.69, 9.17) is 15.6 Å². The number of anilines is 1. The Hall–Kier alpha value is -3.40. The lowest BCUT2D eigenvalue weighted by Gasteiger charge is -2.14. The second kappa shape index (κ2) is 9.88. The summed E-state index contributed by atoms with van der Waals surface area (Å²) in [5.41, 5.74) is 6.89. The van der Waals surface area contributed by atoms with Gasteiger partial charge in [-0.25, -0.2) is 22.8 Å². The number of pyridine rings is 1. The zero-order chi connectivity index (χ0) is 22.3. The van der Waals surface area contributed by atoms with Gasteiger partial charge in [0, 0.05) is 17.3 Å². The number of sulfone groups is 1. The first-order chi connectivity index (χ1) is 14.3. The largest absolute Gasteiger partial charge is 0.483 e. The number of carbonyl (C=O) groups is 1. The predicted molar refractivity (Wildman–Crippen MR) is 111 cm³/mol. The van der Waals surface area contributed by atoms with Crippen LogP contribution in [0.3, 0.4) is 0 Å². The summed E-state index contributed by atoms with van der Waals surface area (Å²) in [6.45, 7) is 3.18. The minimum atomic E-state index is -3.62. The van der Waals surface area contributed by atoms with Gasteiger partial charge in [-0.3, -0.25) is 9.78 Å². The number of aromatic nitrogens is 3. The van der Waals surface area contributed by atoms with E-state index in [1.54, 1.807) is 32.0 Å². The maximum Gasteiger partial charge on any atom is 0.290 e. The van der Waals surface area contributed by atoms with Gasteiger partial charge >= 0.3 is 0 Å². The molecule has 0 saturated carbocycles. The Labute approximate surface area is 173 Å². The Morgan fingerprint density at radius 1 is 1.17 bits per heavy atom. The number of carboxylic acid groups (broad SMARTS) is 1. The van der Waals surface area contributed by atoms with Crippen LogP contribution in [0.15, 0.2) is 53.9 Å². The Morgan fingerprint density at radius 2 is 1.87 bits per heavy atom.